The molecule has 0 fully saturated rings. The topological polar surface area (TPSA) is 81.4 Å². The van der Waals surface area contributed by atoms with Crippen molar-refractivity contribution in [1.29, 1.82) is 0 Å². The summed E-state index contributed by atoms with van der Waals surface area (Å²) in [5.41, 5.74) is 1.48. The highest BCUT2D eigenvalue weighted by atomic mass is 32.1. The number of aromatic nitrogens is 1. The number of thiazole rings is 1. The van der Waals surface area contributed by atoms with Gasteiger partial charge in [-0.3, -0.25) is 4.79 Å². The van der Waals surface area contributed by atoms with Gasteiger partial charge in [0.15, 0.2) is 11.3 Å². The molecule has 0 aliphatic heterocycles. The number of fused-ring (bicyclic) bond motifs is 1. The third-order valence-corrected chi connectivity index (χ3v) is 6.20. The number of para-hydroxylation sites is 2. The summed E-state index contributed by atoms with van der Waals surface area (Å²) in [6, 6.07) is 20.2. The van der Waals surface area contributed by atoms with E-state index in [9.17, 15) is 14.0 Å². The molecule has 6 nitrogen and oxygen atoms in total. The number of benzene rings is 3. The van der Waals surface area contributed by atoms with E-state index in [-0.39, 0.29) is 11.4 Å². The lowest BCUT2D eigenvalue weighted by Gasteiger charge is -2.10. The molecule has 0 aliphatic rings. The average Bonchev–Trinajstić information content (AvgIpc) is 3.35. The summed E-state index contributed by atoms with van der Waals surface area (Å²) in [7, 11) is 0. The SMILES string of the molecule is CCOc1cccc2cc(C(=O)Nc3ccccc3-c3csc(-c4ccccc4F)n3)c(=O)oc12. The van der Waals surface area contributed by atoms with Crippen LogP contribution in [0.25, 0.3) is 32.8 Å². The van der Waals surface area contributed by atoms with E-state index in [2.05, 4.69) is 10.3 Å². The van der Waals surface area contributed by atoms with Crippen molar-refractivity contribution < 1.29 is 18.3 Å². The fraction of sp³-hybridized carbons (Fsp3) is 0.0741. The molecule has 35 heavy (non-hydrogen) atoms. The van der Waals surface area contributed by atoms with Crippen molar-refractivity contribution >= 4 is 33.9 Å². The normalized spacial score (nSPS) is 10.9. The van der Waals surface area contributed by atoms with Gasteiger partial charge in [0.25, 0.3) is 5.91 Å². The van der Waals surface area contributed by atoms with Gasteiger partial charge in [0.05, 0.1) is 18.0 Å². The molecule has 1 N–H and O–H groups in total. The number of nitrogens with one attached hydrogen (secondary N) is 1. The number of ether oxygens (including phenoxy) is 1. The molecule has 0 saturated carbocycles. The minimum absolute atomic E-state index is 0.133. The zero-order chi connectivity index (χ0) is 24.4. The minimum Gasteiger partial charge on any atom is -0.490 e. The van der Waals surface area contributed by atoms with Crippen LogP contribution in [0, 0.1) is 5.82 Å². The molecule has 5 aromatic rings. The number of hydrogen-bond acceptors (Lipinski definition) is 6. The summed E-state index contributed by atoms with van der Waals surface area (Å²) in [6.45, 7) is 2.24. The standard InChI is InChI=1S/C27H19FN2O4S/c1-2-33-23-13-7-8-16-14-19(27(32)34-24(16)23)25(31)29-21-12-6-4-10-18(21)22-15-35-26(30-22)17-9-3-5-11-20(17)28/h3-15H,2H2,1H3,(H,29,31). The lowest BCUT2D eigenvalue weighted by Crippen LogP contribution is -2.21. The van der Waals surface area contributed by atoms with Crippen LogP contribution in [0.2, 0.25) is 0 Å². The predicted molar refractivity (Wildman–Crippen MR) is 135 cm³/mol. The van der Waals surface area contributed by atoms with E-state index in [0.717, 1.165) is 0 Å². The van der Waals surface area contributed by atoms with E-state index in [1.54, 1.807) is 60.0 Å². The Morgan fingerprint density at radius 3 is 2.63 bits per heavy atom. The second-order valence-electron chi connectivity index (χ2n) is 7.57. The van der Waals surface area contributed by atoms with Crippen LogP contribution < -0.4 is 15.7 Å². The van der Waals surface area contributed by atoms with Gasteiger partial charge < -0.3 is 14.5 Å². The number of nitrogens with zero attached hydrogens (tertiary/aromatic N) is 1. The van der Waals surface area contributed by atoms with Crippen molar-refractivity contribution in [2.75, 3.05) is 11.9 Å². The maximum absolute atomic E-state index is 14.2. The first-order valence-electron chi connectivity index (χ1n) is 10.9. The van der Waals surface area contributed by atoms with Gasteiger partial charge in [0, 0.05) is 21.9 Å². The molecule has 0 bridgehead atoms. The van der Waals surface area contributed by atoms with Gasteiger partial charge in [-0.1, -0.05) is 42.5 Å². The van der Waals surface area contributed by atoms with E-state index in [0.29, 0.717) is 50.8 Å². The summed E-state index contributed by atoms with van der Waals surface area (Å²) >= 11 is 1.30. The summed E-state index contributed by atoms with van der Waals surface area (Å²) in [5, 5.41) is 5.69. The number of halogens is 1. The summed E-state index contributed by atoms with van der Waals surface area (Å²) in [5.74, 6) is -0.529. The number of carbonyl (C=O) groups is 1. The zero-order valence-corrected chi connectivity index (χ0v) is 19.4. The number of carbonyl (C=O) groups excluding carboxylic acids is 1. The first-order valence-corrected chi connectivity index (χ1v) is 11.7. The molecular formula is C27H19FN2O4S. The Kier molecular flexibility index (Phi) is 6.12. The highest BCUT2D eigenvalue weighted by Crippen LogP contribution is 2.34. The first-order chi connectivity index (χ1) is 17.0. The highest BCUT2D eigenvalue weighted by molar-refractivity contribution is 7.13. The summed E-state index contributed by atoms with van der Waals surface area (Å²) in [6.07, 6.45) is 0. The molecule has 2 aromatic heterocycles. The van der Waals surface area contributed by atoms with Crippen LogP contribution in [0.15, 0.2) is 87.4 Å². The number of anilines is 1. The van der Waals surface area contributed by atoms with Crippen LogP contribution in [0.3, 0.4) is 0 Å². The van der Waals surface area contributed by atoms with Crippen LogP contribution in [0.5, 0.6) is 5.75 Å². The maximum atomic E-state index is 14.2. The maximum Gasteiger partial charge on any atom is 0.349 e. The van der Waals surface area contributed by atoms with E-state index in [4.69, 9.17) is 9.15 Å². The third-order valence-electron chi connectivity index (χ3n) is 5.33. The van der Waals surface area contributed by atoms with Crippen LogP contribution >= 0.6 is 11.3 Å². The molecule has 174 valence electrons. The van der Waals surface area contributed by atoms with Gasteiger partial charge in [0.2, 0.25) is 0 Å². The molecule has 3 aromatic carbocycles. The van der Waals surface area contributed by atoms with Gasteiger partial charge in [-0.05, 0) is 37.3 Å². The minimum atomic E-state index is -0.768. The van der Waals surface area contributed by atoms with Crippen LogP contribution in [-0.4, -0.2) is 17.5 Å². The third kappa shape index (κ3) is 4.43. The monoisotopic (exact) mass is 486 g/mol. The summed E-state index contributed by atoms with van der Waals surface area (Å²) in [4.78, 5) is 30.3. The van der Waals surface area contributed by atoms with Crippen molar-refractivity contribution in [2.24, 2.45) is 0 Å². The summed E-state index contributed by atoms with van der Waals surface area (Å²) < 4.78 is 25.1. The largest absolute Gasteiger partial charge is 0.490 e. The molecule has 5 rings (SSSR count). The fourth-order valence-electron chi connectivity index (χ4n) is 3.71. The van der Waals surface area contributed by atoms with Gasteiger partial charge >= 0.3 is 5.63 Å². The van der Waals surface area contributed by atoms with E-state index >= 15 is 0 Å². The van der Waals surface area contributed by atoms with Gasteiger partial charge in [-0.15, -0.1) is 11.3 Å². The van der Waals surface area contributed by atoms with Crippen molar-refractivity contribution in [3.8, 4) is 27.6 Å². The van der Waals surface area contributed by atoms with Crippen LogP contribution in [-0.2, 0) is 0 Å². The lowest BCUT2D eigenvalue weighted by molar-refractivity contribution is 0.102. The van der Waals surface area contributed by atoms with Gasteiger partial charge in [-0.2, -0.15) is 0 Å². The molecule has 0 spiro atoms. The molecule has 0 aliphatic carbocycles. The molecule has 0 unspecified atom stereocenters. The Morgan fingerprint density at radius 2 is 1.83 bits per heavy atom. The molecule has 0 atom stereocenters. The molecule has 0 radical (unpaired) electrons. The molecule has 1 amide bonds. The Balaban J connectivity index is 1.47. The molecule has 2 heterocycles. The van der Waals surface area contributed by atoms with Crippen LogP contribution in [0.4, 0.5) is 10.1 Å². The fourth-order valence-corrected chi connectivity index (χ4v) is 4.55. The predicted octanol–water partition coefficient (Wildman–Crippen LogP) is 6.37. The molecule has 0 saturated heterocycles. The quantitative estimate of drug-likeness (QED) is 0.282. The first kappa shape index (κ1) is 22.5. The Labute approximate surface area is 203 Å². The highest BCUT2D eigenvalue weighted by Gasteiger charge is 2.18. The lowest BCUT2D eigenvalue weighted by atomic mass is 10.1. The van der Waals surface area contributed by atoms with E-state index in [1.807, 2.05) is 13.0 Å². The Morgan fingerprint density at radius 1 is 1.06 bits per heavy atom. The van der Waals surface area contributed by atoms with Gasteiger partial charge in [0.1, 0.15) is 16.4 Å². The Bertz CT molecular complexity index is 1610. The molecule has 8 heteroatoms. The average molecular weight is 487 g/mol. The smallest absolute Gasteiger partial charge is 0.349 e. The number of rotatable bonds is 6. The van der Waals surface area contributed by atoms with Crippen molar-refractivity contribution in [3.05, 3.63) is 100.0 Å². The van der Waals surface area contributed by atoms with Crippen molar-refractivity contribution in [3.63, 3.8) is 0 Å². The van der Waals surface area contributed by atoms with Crippen molar-refractivity contribution in [1.82, 2.24) is 4.98 Å². The number of amides is 1. The Hall–Kier alpha value is -4.30. The molecular weight excluding hydrogens is 467 g/mol. The zero-order valence-electron chi connectivity index (χ0n) is 18.6. The van der Waals surface area contributed by atoms with Gasteiger partial charge in [-0.25, -0.2) is 14.2 Å². The van der Waals surface area contributed by atoms with E-state index in [1.165, 1.54) is 23.5 Å². The van der Waals surface area contributed by atoms with Crippen molar-refractivity contribution in [2.45, 2.75) is 6.92 Å². The second-order valence-corrected chi connectivity index (χ2v) is 8.43. The van der Waals surface area contributed by atoms with Crippen LogP contribution in [0.1, 0.15) is 17.3 Å². The van der Waals surface area contributed by atoms with E-state index < -0.39 is 11.5 Å². The number of hydrogen-bond donors (Lipinski definition) is 1. The second kappa shape index (κ2) is 9.52.